The number of nitrogens with two attached hydrogens (primary N) is 1. The van der Waals surface area contributed by atoms with Gasteiger partial charge in [0.05, 0.1) is 0 Å². The van der Waals surface area contributed by atoms with Crippen molar-refractivity contribution in [2.24, 2.45) is 11.7 Å². The third-order valence-electron chi connectivity index (χ3n) is 2.96. The Labute approximate surface area is 123 Å². The first kappa shape index (κ1) is 16.5. The van der Waals surface area contributed by atoms with Crippen LogP contribution in [-0.2, 0) is 9.59 Å². The second-order valence-corrected chi connectivity index (χ2v) is 5.06. The van der Waals surface area contributed by atoms with E-state index < -0.39 is 5.97 Å². The maximum Gasteiger partial charge on any atom is 0.323 e. The highest BCUT2D eigenvalue weighted by Crippen LogP contribution is 2.21. The topological polar surface area (TPSA) is 83.6 Å². The Morgan fingerprint density at radius 2 is 1.95 bits per heavy atom. The number of anilines is 1. The summed E-state index contributed by atoms with van der Waals surface area (Å²) in [5, 5.41) is 9.50. The van der Waals surface area contributed by atoms with Crippen LogP contribution >= 0.6 is 11.6 Å². The van der Waals surface area contributed by atoms with E-state index in [1.165, 1.54) is 4.90 Å². The van der Waals surface area contributed by atoms with E-state index in [9.17, 15) is 9.59 Å². The van der Waals surface area contributed by atoms with Crippen molar-refractivity contribution in [3.63, 3.8) is 0 Å². The van der Waals surface area contributed by atoms with Gasteiger partial charge >= 0.3 is 5.97 Å². The quantitative estimate of drug-likeness (QED) is 0.808. The van der Waals surface area contributed by atoms with Crippen molar-refractivity contribution in [1.29, 1.82) is 0 Å². The fraction of sp³-hybridized carbons (Fsp3) is 0.429. The van der Waals surface area contributed by atoms with Gasteiger partial charge in [-0.05, 0) is 43.7 Å². The van der Waals surface area contributed by atoms with Crippen molar-refractivity contribution in [2.75, 3.05) is 18.0 Å². The lowest BCUT2D eigenvalue weighted by atomic mass is 10.0. The molecule has 0 radical (unpaired) electrons. The number of hydrogen-bond acceptors (Lipinski definition) is 3. The maximum absolute atomic E-state index is 12.4. The van der Waals surface area contributed by atoms with Crippen LogP contribution in [0.5, 0.6) is 0 Å². The molecule has 0 aromatic heterocycles. The highest BCUT2D eigenvalue weighted by Gasteiger charge is 2.23. The normalized spacial score (nSPS) is 11.9. The van der Waals surface area contributed by atoms with E-state index in [1.807, 2.05) is 0 Å². The summed E-state index contributed by atoms with van der Waals surface area (Å²) in [5.41, 5.74) is 5.96. The van der Waals surface area contributed by atoms with Gasteiger partial charge in [-0.25, -0.2) is 0 Å². The number of carboxylic acid groups (broad SMARTS) is 1. The lowest BCUT2D eigenvalue weighted by Crippen LogP contribution is -2.39. The van der Waals surface area contributed by atoms with Crippen LogP contribution in [0.25, 0.3) is 0 Å². The summed E-state index contributed by atoms with van der Waals surface area (Å²) in [7, 11) is 0. The number of carbonyl (C=O) groups excluding carboxylic acids is 1. The molecule has 1 aromatic carbocycles. The molecule has 0 aliphatic heterocycles. The van der Waals surface area contributed by atoms with Gasteiger partial charge in [0, 0.05) is 16.6 Å². The van der Waals surface area contributed by atoms with E-state index in [0.717, 1.165) is 6.42 Å². The summed E-state index contributed by atoms with van der Waals surface area (Å²) in [5.74, 6) is -1.55. The van der Waals surface area contributed by atoms with Crippen LogP contribution in [0.2, 0.25) is 5.02 Å². The molecule has 0 aliphatic carbocycles. The number of nitrogens with zero attached hydrogens (tertiary/aromatic N) is 1. The molecule has 1 aromatic rings. The van der Waals surface area contributed by atoms with Crippen molar-refractivity contribution in [1.82, 2.24) is 0 Å². The van der Waals surface area contributed by atoms with Crippen LogP contribution in [0.1, 0.15) is 19.8 Å². The molecule has 1 atom stereocenters. The summed E-state index contributed by atoms with van der Waals surface area (Å²) < 4.78 is 0. The fourth-order valence-corrected chi connectivity index (χ4v) is 1.99. The Bertz CT molecular complexity index is 462. The van der Waals surface area contributed by atoms with Gasteiger partial charge in [-0.15, -0.1) is 0 Å². The number of benzene rings is 1. The van der Waals surface area contributed by atoms with Crippen molar-refractivity contribution in [3.8, 4) is 0 Å². The van der Waals surface area contributed by atoms with Gasteiger partial charge < -0.3 is 15.7 Å². The third-order valence-corrected chi connectivity index (χ3v) is 3.21. The molecule has 20 heavy (non-hydrogen) atoms. The van der Waals surface area contributed by atoms with Gasteiger partial charge in [0.1, 0.15) is 6.54 Å². The Hall–Kier alpha value is -1.59. The lowest BCUT2D eigenvalue weighted by Gasteiger charge is -2.24. The highest BCUT2D eigenvalue weighted by molar-refractivity contribution is 6.30. The molecule has 0 heterocycles. The first-order valence-electron chi connectivity index (χ1n) is 6.44. The van der Waals surface area contributed by atoms with E-state index in [2.05, 4.69) is 0 Å². The van der Waals surface area contributed by atoms with Crippen molar-refractivity contribution >= 4 is 29.2 Å². The summed E-state index contributed by atoms with van der Waals surface area (Å²) >= 11 is 5.80. The highest BCUT2D eigenvalue weighted by atomic mass is 35.5. The molecule has 5 nitrogen and oxygen atoms in total. The summed E-state index contributed by atoms with van der Waals surface area (Å²) in [4.78, 5) is 24.6. The standard InChI is InChI=1S/C14H19ClN2O3/c1-10(3-2-8-16)14(20)17(9-13(18)19)12-6-4-11(15)5-7-12/h4-7,10H,2-3,8-9,16H2,1H3,(H,18,19). The Morgan fingerprint density at radius 3 is 2.45 bits per heavy atom. The van der Waals surface area contributed by atoms with Gasteiger partial charge in [-0.2, -0.15) is 0 Å². The Kier molecular flexibility index (Phi) is 6.48. The predicted molar refractivity (Wildman–Crippen MR) is 78.9 cm³/mol. The summed E-state index contributed by atoms with van der Waals surface area (Å²) in [6.07, 6.45) is 1.37. The molecule has 0 saturated heterocycles. The number of carboxylic acids is 1. The molecule has 0 bridgehead atoms. The SMILES string of the molecule is CC(CCCN)C(=O)N(CC(=O)O)c1ccc(Cl)cc1. The molecule has 1 amide bonds. The van der Waals surface area contributed by atoms with Crippen molar-refractivity contribution in [2.45, 2.75) is 19.8 Å². The number of halogens is 1. The molecular weight excluding hydrogens is 280 g/mol. The smallest absolute Gasteiger partial charge is 0.323 e. The molecule has 0 spiro atoms. The van der Waals surface area contributed by atoms with Crippen molar-refractivity contribution < 1.29 is 14.7 Å². The summed E-state index contributed by atoms with van der Waals surface area (Å²) in [6, 6.07) is 6.53. The first-order valence-corrected chi connectivity index (χ1v) is 6.82. The van der Waals surface area contributed by atoms with E-state index >= 15 is 0 Å². The molecule has 0 aliphatic rings. The second kappa shape index (κ2) is 7.87. The van der Waals surface area contributed by atoms with Gasteiger partial charge in [0.25, 0.3) is 0 Å². The molecule has 110 valence electrons. The minimum absolute atomic E-state index is 0.219. The zero-order valence-corrected chi connectivity index (χ0v) is 12.1. The average molecular weight is 299 g/mol. The van der Waals surface area contributed by atoms with Gasteiger partial charge in [-0.3, -0.25) is 9.59 Å². The zero-order valence-electron chi connectivity index (χ0n) is 11.4. The van der Waals surface area contributed by atoms with Gasteiger partial charge in [0.15, 0.2) is 0 Å². The maximum atomic E-state index is 12.4. The minimum Gasteiger partial charge on any atom is -0.480 e. The number of hydrogen-bond donors (Lipinski definition) is 2. The van der Waals surface area contributed by atoms with Crippen LogP contribution in [-0.4, -0.2) is 30.1 Å². The molecule has 0 saturated carbocycles. The van der Waals surface area contributed by atoms with Crippen LogP contribution in [0.15, 0.2) is 24.3 Å². The van der Waals surface area contributed by atoms with Gasteiger partial charge in [-0.1, -0.05) is 18.5 Å². The van der Waals surface area contributed by atoms with Crippen LogP contribution in [0, 0.1) is 5.92 Å². The second-order valence-electron chi connectivity index (χ2n) is 4.63. The molecule has 3 N–H and O–H groups in total. The third kappa shape index (κ3) is 4.83. The molecule has 6 heteroatoms. The van der Waals surface area contributed by atoms with E-state index in [4.69, 9.17) is 22.4 Å². The van der Waals surface area contributed by atoms with Crippen molar-refractivity contribution in [3.05, 3.63) is 29.3 Å². The molecule has 1 unspecified atom stereocenters. The Morgan fingerprint density at radius 1 is 1.35 bits per heavy atom. The first-order chi connectivity index (χ1) is 9.45. The lowest BCUT2D eigenvalue weighted by molar-refractivity contribution is -0.137. The minimum atomic E-state index is -1.06. The molecule has 1 rings (SSSR count). The fourth-order valence-electron chi connectivity index (χ4n) is 1.87. The van der Waals surface area contributed by atoms with E-state index in [0.29, 0.717) is 23.7 Å². The van der Waals surface area contributed by atoms with Crippen LogP contribution in [0.3, 0.4) is 0 Å². The zero-order chi connectivity index (χ0) is 15.1. The predicted octanol–water partition coefficient (Wildman–Crippen LogP) is 2.13. The number of aliphatic carboxylic acids is 1. The summed E-state index contributed by atoms with van der Waals surface area (Å²) in [6.45, 7) is 1.92. The van der Waals surface area contributed by atoms with E-state index in [-0.39, 0.29) is 18.4 Å². The van der Waals surface area contributed by atoms with Crippen LogP contribution < -0.4 is 10.6 Å². The Balaban J connectivity index is 2.91. The number of carbonyl (C=O) groups is 2. The molecule has 0 fully saturated rings. The number of rotatable bonds is 7. The largest absolute Gasteiger partial charge is 0.480 e. The molecular formula is C14H19ClN2O3. The number of amides is 1. The average Bonchev–Trinajstić information content (AvgIpc) is 2.42. The monoisotopic (exact) mass is 298 g/mol. The van der Waals surface area contributed by atoms with Crippen LogP contribution in [0.4, 0.5) is 5.69 Å². The van der Waals surface area contributed by atoms with E-state index in [1.54, 1.807) is 31.2 Å². The van der Waals surface area contributed by atoms with Gasteiger partial charge in [0.2, 0.25) is 5.91 Å².